The third-order valence-corrected chi connectivity index (χ3v) is 1.38. The van der Waals surface area contributed by atoms with Gasteiger partial charge in [-0.25, -0.2) is 0 Å². The Labute approximate surface area is 82.5 Å². The molecule has 2 nitrogen and oxygen atoms in total. The minimum Gasteiger partial charge on any atom is -0.396 e. The van der Waals surface area contributed by atoms with Crippen molar-refractivity contribution < 1.29 is 18.3 Å². The third-order valence-electron chi connectivity index (χ3n) is 1.38. The van der Waals surface area contributed by atoms with Crippen LogP contribution in [0.1, 0.15) is 20.8 Å². The van der Waals surface area contributed by atoms with Crippen LogP contribution in [0.3, 0.4) is 0 Å². The molecule has 1 fully saturated rings. The van der Waals surface area contributed by atoms with Gasteiger partial charge >= 0.3 is 6.29 Å². The zero-order valence-electron chi connectivity index (χ0n) is 8.56. The van der Waals surface area contributed by atoms with Crippen molar-refractivity contribution in [1.29, 1.82) is 0 Å². The van der Waals surface area contributed by atoms with Crippen LogP contribution in [0.4, 0.5) is 8.78 Å². The summed E-state index contributed by atoms with van der Waals surface area (Å²) in [6, 6.07) is 0. The number of rotatable bonds is 1. The van der Waals surface area contributed by atoms with Crippen LogP contribution in [0.2, 0.25) is 0 Å². The molecule has 0 amide bonds. The van der Waals surface area contributed by atoms with Crippen LogP contribution >= 0.6 is 0 Å². The first-order valence-corrected chi connectivity index (χ1v) is 4.24. The Hall–Kier alpha value is -1.32. The standard InChI is InChI=1S/C8H8F2O2.C2H6/c1-4-5(2)7-6(3)11-8(9,10)12-7;1-2/h4H,1,3H2,2H3;1-2H3/b7-5+;. The van der Waals surface area contributed by atoms with Crippen molar-refractivity contribution in [2.45, 2.75) is 27.1 Å². The molecule has 4 heteroatoms. The molecule has 0 N–H and O–H groups in total. The highest BCUT2D eigenvalue weighted by Crippen LogP contribution is 2.37. The summed E-state index contributed by atoms with van der Waals surface area (Å²) in [7, 11) is 0. The largest absolute Gasteiger partial charge is 0.586 e. The molecule has 0 unspecified atom stereocenters. The van der Waals surface area contributed by atoms with Gasteiger partial charge in [0.25, 0.3) is 0 Å². The predicted octanol–water partition coefficient (Wildman–Crippen LogP) is 3.58. The molecule has 0 atom stereocenters. The predicted molar refractivity (Wildman–Crippen MR) is 50.5 cm³/mol. The van der Waals surface area contributed by atoms with Crippen LogP contribution in [0.15, 0.2) is 36.3 Å². The first-order valence-electron chi connectivity index (χ1n) is 4.24. The van der Waals surface area contributed by atoms with E-state index in [1.54, 1.807) is 6.92 Å². The first-order chi connectivity index (χ1) is 6.46. The van der Waals surface area contributed by atoms with Crippen molar-refractivity contribution in [1.82, 2.24) is 0 Å². The van der Waals surface area contributed by atoms with E-state index in [0.29, 0.717) is 5.57 Å². The molecule has 14 heavy (non-hydrogen) atoms. The Balaban J connectivity index is 0.000000791. The van der Waals surface area contributed by atoms with Gasteiger partial charge in [-0.15, -0.1) is 8.78 Å². The van der Waals surface area contributed by atoms with E-state index in [-0.39, 0.29) is 11.5 Å². The second-order valence-electron chi connectivity index (χ2n) is 2.31. The fourth-order valence-electron chi connectivity index (χ4n) is 0.779. The maximum atomic E-state index is 12.4. The summed E-state index contributed by atoms with van der Waals surface area (Å²) in [6.07, 6.45) is -2.19. The molecule has 1 heterocycles. The summed E-state index contributed by atoms with van der Waals surface area (Å²) in [5.41, 5.74) is 0.470. The SMILES string of the molecule is C=C/C(C)=C1/OC(F)(F)OC1=C.CC. The van der Waals surface area contributed by atoms with Gasteiger partial charge in [0.1, 0.15) is 0 Å². The minimum absolute atomic E-state index is 0.0463. The lowest BCUT2D eigenvalue weighted by molar-refractivity contribution is -0.326. The highest BCUT2D eigenvalue weighted by Gasteiger charge is 2.45. The van der Waals surface area contributed by atoms with Gasteiger partial charge in [0.15, 0.2) is 11.5 Å². The van der Waals surface area contributed by atoms with E-state index < -0.39 is 6.29 Å². The van der Waals surface area contributed by atoms with Gasteiger partial charge in [-0.1, -0.05) is 33.1 Å². The van der Waals surface area contributed by atoms with Gasteiger partial charge < -0.3 is 9.47 Å². The summed E-state index contributed by atoms with van der Waals surface area (Å²) in [5, 5.41) is 0. The first kappa shape index (κ1) is 12.7. The van der Waals surface area contributed by atoms with E-state index in [4.69, 9.17) is 0 Å². The van der Waals surface area contributed by atoms with E-state index in [1.807, 2.05) is 13.8 Å². The smallest absolute Gasteiger partial charge is 0.396 e. The van der Waals surface area contributed by atoms with Crippen molar-refractivity contribution in [3.63, 3.8) is 0 Å². The summed E-state index contributed by atoms with van der Waals surface area (Å²) < 4.78 is 32.9. The van der Waals surface area contributed by atoms with Gasteiger partial charge in [0.05, 0.1) is 0 Å². The van der Waals surface area contributed by atoms with E-state index in [1.165, 1.54) is 6.08 Å². The van der Waals surface area contributed by atoms with E-state index in [9.17, 15) is 8.78 Å². The molecule has 0 saturated carbocycles. The zero-order valence-corrected chi connectivity index (χ0v) is 8.56. The third kappa shape index (κ3) is 2.87. The summed E-state index contributed by atoms with van der Waals surface area (Å²) in [4.78, 5) is 0. The molecular weight excluding hydrogens is 190 g/mol. The zero-order chi connectivity index (χ0) is 11.4. The molecule has 1 aliphatic rings. The van der Waals surface area contributed by atoms with Gasteiger partial charge in [0.2, 0.25) is 0 Å². The molecule has 0 radical (unpaired) electrons. The molecule has 1 rings (SSSR count). The number of alkyl halides is 2. The van der Waals surface area contributed by atoms with E-state index >= 15 is 0 Å². The topological polar surface area (TPSA) is 18.5 Å². The second-order valence-corrected chi connectivity index (χ2v) is 2.31. The fraction of sp³-hybridized carbons (Fsp3) is 0.400. The Kier molecular flexibility index (Phi) is 4.34. The number of hydrogen-bond donors (Lipinski definition) is 0. The van der Waals surface area contributed by atoms with Crippen LogP contribution in [0.5, 0.6) is 0 Å². The lowest BCUT2D eigenvalue weighted by Crippen LogP contribution is -2.14. The maximum absolute atomic E-state index is 12.4. The highest BCUT2D eigenvalue weighted by molar-refractivity contribution is 5.31. The minimum atomic E-state index is -3.59. The van der Waals surface area contributed by atoms with Crippen LogP contribution in [0, 0.1) is 0 Å². The monoisotopic (exact) mass is 204 g/mol. The molecule has 80 valence electrons. The normalized spacial score (nSPS) is 21.4. The van der Waals surface area contributed by atoms with E-state index in [2.05, 4.69) is 22.6 Å². The molecular formula is C10H14F2O2. The van der Waals surface area contributed by atoms with Crippen molar-refractivity contribution in [2.75, 3.05) is 0 Å². The molecule has 1 saturated heterocycles. The molecule has 0 bridgehead atoms. The van der Waals surface area contributed by atoms with Crippen LogP contribution in [-0.4, -0.2) is 6.29 Å². The summed E-state index contributed by atoms with van der Waals surface area (Å²) >= 11 is 0. The Morgan fingerprint density at radius 3 is 2.14 bits per heavy atom. The lowest BCUT2D eigenvalue weighted by atomic mass is 10.2. The van der Waals surface area contributed by atoms with Crippen molar-refractivity contribution in [3.05, 3.63) is 36.3 Å². The average molecular weight is 204 g/mol. The van der Waals surface area contributed by atoms with Crippen LogP contribution in [-0.2, 0) is 9.47 Å². The number of allylic oxidation sites excluding steroid dienone is 2. The molecule has 1 aliphatic heterocycles. The fourth-order valence-corrected chi connectivity index (χ4v) is 0.779. The number of halogens is 2. The molecule has 0 aromatic rings. The van der Waals surface area contributed by atoms with Gasteiger partial charge in [-0.2, -0.15) is 0 Å². The van der Waals surface area contributed by atoms with Crippen molar-refractivity contribution in [2.24, 2.45) is 0 Å². The quantitative estimate of drug-likeness (QED) is 0.649. The summed E-state index contributed by atoms with van der Waals surface area (Å²) in [5.74, 6) is -0.215. The van der Waals surface area contributed by atoms with Crippen LogP contribution in [0.25, 0.3) is 0 Å². The molecule has 0 aromatic heterocycles. The van der Waals surface area contributed by atoms with Crippen molar-refractivity contribution in [3.8, 4) is 0 Å². The number of ether oxygens (including phenoxy) is 2. The molecule has 0 spiro atoms. The Morgan fingerprint density at radius 2 is 1.86 bits per heavy atom. The summed E-state index contributed by atoms with van der Waals surface area (Å²) in [6.45, 7) is 12.3. The molecule has 0 aromatic carbocycles. The highest BCUT2D eigenvalue weighted by atomic mass is 19.3. The van der Waals surface area contributed by atoms with E-state index in [0.717, 1.165) is 0 Å². The Bertz CT molecular complexity index is 267. The van der Waals surface area contributed by atoms with Crippen LogP contribution < -0.4 is 0 Å². The van der Waals surface area contributed by atoms with Gasteiger partial charge in [-0.3, -0.25) is 0 Å². The lowest BCUT2D eigenvalue weighted by Gasteiger charge is -2.03. The maximum Gasteiger partial charge on any atom is 0.586 e. The average Bonchev–Trinajstić information content (AvgIpc) is 2.42. The molecule has 0 aliphatic carbocycles. The van der Waals surface area contributed by atoms with Gasteiger partial charge in [0, 0.05) is 0 Å². The van der Waals surface area contributed by atoms with Gasteiger partial charge in [-0.05, 0) is 12.5 Å². The van der Waals surface area contributed by atoms with Crippen molar-refractivity contribution >= 4 is 0 Å². The Morgan fingerprint density at radius 1 is 1.36 bits per heavy atom. The number of hydrogen-bond acceptors (Lipinski definition) is 2. The second kappa shape index (κ2) is 4.79.